The third-order valence-corrected chi connectivity index (χ3v) is 7.64. The van der Waals surface area contributed by atoms with Crippen LogP contribution < -0.4 is 0 Å². The summed E-state index contributed by atoms with van der Waals surface area (Å²) in [4.78, 5) is 50.2. The molecule has 0 amide bonds. The first-order valence-corrected chi connectivity index (χ1v) is 11.7. The molecule has 5 aromatic rings. The molecule has 33 heavy (non-hydrogen) atoms. The Hall–Kier alpha value is -3.16. The van der Waals surface area contributed by atoms with Crippen molar-refractivity contribution in [1.82, 2.24) is 0 Å². The zero-order chi connectivity index (χ0) is 23.3. The number of benzene rings is 5. The molecule has 6 rings (SSSR count). The van der Waals surface area contributed by atoms with E-state index >= 15 is 0 Å². The maximum absolute atomic E-state index is 12.6. The van der Waals surface area contributed by atoms with Crippen LogP contribution in [0.5, 0.6) is 0 Å². The predicted octanol–water partition coefficient (Wildman–Crippen LogP) is 6.98. The smallest absolute Gasteiger partial charge is 0.346 e. The lowest BCUT2D eigenvalue weighted by Gasteiger charge is -2.23. The SMILES string of the molecule is CC(=O)c1ccc2c3c(Br)cc4c5c(ccc(c6c(Br)cc(C(C)=O)c1c26)c53)C(=O)OC4=O. The number of carbonyl (C=O) groups is 4. The van der Waals surface area contributed by atoms with Crippen LogP contribution in [0.1, 0.15) is 55.3 Å². The van der Waals surface area contributed by atoms with E-state index in [1.807, 2.05) is 12.1 Å². The molecule has 5 aromatic carbocycles. The molecule has 0 bridgehead atoms. The topological polar surface area (TPSA) is 77.5 Å². The molecule has 7 heteroatoms. The van der Waals surface area contributed by atoms with E-state index in [-0.39, 0.29) is 11.6 Å². The van der Waals surface area contributed by atoms with Crippen molar-refractivity contribution in [3.8, 4) is 0 Å². The van der Waals surface area contributed by atoms with Gasteiger partial charge in [0.1, 0.15) is 0 Å². The van der Waals surface area contributed by atoms with Gasteiger partial charge in [0.2, 0.25) is 0 Å². The van der Waals surface area contributed by atoms with Crippen molar-refractivity contribution in [1.29, 1.82) is 0 Å². The van der Waals surface area contributed by atoms with Gasteiger partial charge < -0.3 is 4.74 Å². The summed E-state index contributed by atoms with van der Waals surface area (Å²) >= 11 is 7.27. The summed E-state index contributed by atoms with van der Waals surface area (Å²) in [6, 6.07) is 10.5. The fraction of sp³-hybridized carbons (Fsp3) is 0.0769. The number of carbonyl (C=O) groups excluding carboxylic acids is 4. The fourth-order valence-corrected chi connectivity index (χ4v) is 6.39. The minimum atomic E-state index is -0.689. The molecule has 1 aliphatic heterocycles. The molecular weight excluding hydrogens is 552 g/mol. The van der Waals surface area contributed by atoms with E-state index in [1.165, 1.54) is 13.8 Å². The largest absolute Gasteiger partial charge is 0.386 e. The lowest BCUT2D eigenvalue weighted by molar-refractivity contribution is 0.0391. The number of hydrogen-bond donors (Lipinski definition) is 0. The van der Waals surface area contributed by atoms with Crippen molar-refractivity contribution in [3.05, 3.63) is 67.6 Å². The van der Waals surface area contributed by atoms with Crippen LogP contribution in [-0.4, -0.2) is 23.5 Å². The Morgan fingerprint density at radius 1 is 0.636 bits per heavy atom. The van der Waals surface area contributed by atoms with Gasteiger partial charge in [-0.25, -0.2) is 9.59 Å². The van der Waals surface area contributed by atoms with Crippen LogP contribution in [0, 0.1) is 0 Å². The van der Waals surface area contributed by atoms with Crippen LogP contribution in [-0.2, 0) is 4.74 Å². The number of esters is 2. The fourth-order valence-electron chi connectivity index (χ4n) is 5.10. The van der Waals surface area contributed by atoms with Crippen molar-refractivity contribution in [2.75, 3.05) is 0 Å². The van der Waals surface area contributed by atoms with Gasteiger partial charge in [-0.05, 0) is 42.8 Å². The van der Waals surface area contributed by atoms with E-state index in [9.17, 15) is 19.2 Å². The molecule has 1 heterocycles. The molecule has 0 aromatic heterocycles. The first-order valence-electron chi connectivity index (χ1n) is 10.1. The maximum Gasteiger partial charge on any atom is 0.346 e. The van der Waals surface area contributed by atoms with E-state index < -0.39 is 11.9 Å². The first kappa shape index (κ1) is 20.4. The van der Waals surface area contributed by atoms with Gasteiger partial charge >= 0.3 is 11.9 Å². The zero-order valence-corrected chi connectivity index (χ0v) is 20.4. The average Bonchev–Trinajstić information content (AvgIpc) is 2.76. The highest BCUT2D eigenvalue weighted by Gasteiger charge is 2.31. The molecule has 0 saturated carbocycles. The first-order chi connectivity index (χ1) is 15.7. The predicted molar refractivity (Wildman–Crippen MR) is 133 cm³/mol. The van der Waals surface area contributed by atoms with Gasteiger partial charge in [0.15, 0.2) is 11.6 Å². The zero-order valence-electron chi connectivity index (χ0n) is 17.3. The molecule has 0 spiro atoms. The highest BCUT2D eigenvalue weighted by atomic mass is 79.9. The lowest BCUT2D eigenvalue weighted by Crippen LogP contribution is -2.19. The van der Waals surface area contributed by atoms with Crippen molar-refractivity contribution < 1.29 is 23.9 Å². The van der Waals surface area contributed by atoms with E-state index in [4.69, 9.17) is 4.74 Å². The number of halogens is 2. The summed E-state index contributed by atoms with van der Waals surface area (Å²) in [7, 11) is 0. The van der Waals surface area contributed by atoms with E-state index in [2.05, 4.69) is 31.9 Å². The highest BCUT2D eigenvalue weighted by Crippen LogP contribution is 2.49. The summed E-state index contributed by atoms with van der Waals surface area (Å²) in [5.41, 5.74) is 1.57. The standard InChI is InChI=1S/C26H12Br2O5/c1-9(29)11-3-4-12-22-18(28)8-16-20-14(25(31)33-26(16)32)6-5-13(24(20)22)21-17(27)7-15(10(2)30)19(11)23(12)21/h3-8H,1-2H3. The van der Waals surface area contributed by atoms with Crippen LogP contribution in [0.2, 0.25) is 0 Å². The summed E-state index contributed by atoms with van der Waals surface area (Å²) in [5.74, 6) is -1.65. The molecule has 0 unspecified atom stereocenters. The van der Waals surface area contributed by atoms with Crippen LogP contribution >= 0.6 is 31.9 Å². The Morgan fingerprint density at radius 2 is 1.18 bits per heavy atom. The molecule has 160 valence electrons. The molecule has 0 N–H and O–H groups in total. The molecule has 0 fully saturated rings. The van der Waals surface area contributed by atoms with Crippen molar-refractivity contribution in [3.63, 3.8) is 0 Å². The van der Waals surface area contributed by atoms with Crippen LogP contribution in [0.25, 0.3) is 43.1 Å². The number of rotatable bonds is 2. The Bertz CT molecular complexity index is 1800. The number of ketones is 2. The van der Waals surface area contributed by atoms with Crippen LogP contribution in [0.4, 0.5) is 0 Å². The third kappa shape index (κ3) is 2.52. The Kier molecular flexibility index (Phi) is 4.14. The molecule has 0 aliphatic carbocycles. The van der Waals surface area contributed by atoms with Gasteiger partial charge in [-0.1, -0.05) is 50.1 Å². The number of ether oxygens (including phenoxy) is 1. The summed E-state index contributed by atoms with van der Waals surface area (Å²) in [6.07, 6.45) is 0. The minimum Gasteiger partial charge on any atom is -0.386 e. The van der Waals surface area contributed by atoms with Gasteiger partial charge in [-0.2, -0.15) is 0 Å². The number of cyclic esters (lactones) is 2. The normalized spacial score (nSPS) is 13.5. The summed E-state index contributed by atoms with van der Waals surface area (Å²) in [5, 5.41) is 5.90. The van der Waals surface area contributed by atoms with Gasteiger partial charge in [0.25, 0.3) is 0 Å². The lowest BCUT2D eigenvalue weighted by atomic mass is 9.83. The van der Waals surface area contributed by atoms with Gasteiger partial charge in [0.05, 0.1) is 11.1 Å². The molecular formula is C26H12Br2O5. The minimum absolute atomic E-state index is 0.138. The van der Waals surface area contributed by atoms with Crippen molar-refractivity contribution in [2.24, 2.45) is 0 Å². The van der Waals surface area contributed by atoms with E-state index in [1.54, 1.807) is 24.3 Å². The number of Topliss-reactive ketones (excluding diaryl/α,β-unsaturated/α-hetero) is 2. The molecule has 1 aliphatic rings. The molecule has 0 radical (unpaired) electrons. The Balaban J connectivity index is 2.03. The number of hydrogen-bond acceptors (Lipinski definition) is 5. The van der Waals surface area contributed by atoms with E-state index in [0.29, 0.717) is 42.0 Å². The summed E-state index contributed by atoms with van der Waals surface area (Å²) < 4.78 is 6.28. The molecule has 0 atom stereocenters. The monoisotopic (exact) mass is 562 g/mol. The Labute approximate surface area is 203 Å². The van der Waals surface area contributed by atoms with Gasteiger partial charge in [-0.15, -0.1) is 0 Å². The van der Waals surface area contributed by atoms with Crippen LogP contribution in [0.3, 0.4) is 0 Å². The average molecular weight is 564 g/mol. The Morgan fingerprint density at radius 3 is 1.82 bits per heavy atom. The second-order valence-electron chi connectivity index (χ2n) is 8.17. The summed E-state index contributed by atoms with van der Waals surface area (Å²) in [6.45, 7) is 2.97. The van der Waals surface area contributed by atoms with Crippen molar-refractivity contribution in [2.45, 2.75) is 13.8 Å². The second kappa shape index (κ2) is 6.68. The highest BCUT2D eigenvalue weighted by molar-refractivity contribution is 9.11. The third-order valence-electron chi connectivity index (χ3n) is 6.39. The maximum atomic E-state index is 12.6. The number of fused-ring (bicyclic) bond motifs is 2. The molecule has 5 nitrogen and oxygen atoms in total. The second-order valence-corrected chi connectivity index (χ2v) is 9.88. The van der Waals surface area contributed by atoms with Crippen molar-refractivity contribution >= 4 is 98.5 Å². The van der Waals surface area contributed by atoms with Crippen LogP contribution in [0.15, 0.2) is 45.3 Å². The van der Waals surface area contributed by atoms with Gasteiger partial charge in [0, 0.05) is 52.4 Å². The molecule has 0 saturated heterocycles. The quantitative estimate of drug-likeness (QED) is 0.0761. The van der Waals surface area contributed by atoms with E-state index in [0.717, 1.165) is 32.3 Å². The van der Waals surface area contributed by atoms with Gasteiger partial charge in [-0.3, -0.25) is 9.59 Å².